The van der Waals surface area contributed by atoms with Crippen LogP contribution in [0, 0.1) is 6.92 Å². The van der Waals surface area contributed by atoms with E-state index in [-0.39, 0.29) is 11.8 Å². The molecule has 18 heavy (non-hydrogen) atoms. The number of hydrogen-bond donors (Lipinski definition) is 0. The van der Waals surface area contributed by atoms with Gasteiger partial charge in [0.05, 0.1) is 11.8 Å². The quantitative estimate of drug-likeness (QED) is 0.855. The summed E-state index contributed by atoms with van der Waals surface area (Å²) in [4.78, 5) is 2.45. The van der Waals surface area contributed by atoms with Crippen molar-refractivity contribution in [1.82, 2.24) is 4.31 Å². The van der Waals surface area contributed by atoms with E-state index in [1.165, 1.54) is 9.75 Å². The van der Waals surface area contributed by atoms with Gasteiger partial charge in [0.2, 0.25) is 10.0 Å². The number of rotatable bonds is 3. The fraction of sp³-hybridized carbons (Fsp3) is 0.692. The van der Waals surface area contributed by atoms with Crippen molar-refractivity contribution in [2.45, 2.75) is 45.6 Å². The molecular weight excluding hydrogens is 266 g/mol. The van der Waals surface area contributed by atoms with Crippen molar-refractivity contribution < 1.29 is 8.42 Å². The van der Waals surface area contributed by atoms with E-state index >= 15 is 0 Å². The van der Waals surface area contributed by atoms with E-state index in [9.17, 15) is 8.42 Å². The second-order valence-electron chi connectivity index (χ2n) is 4.82. The van der Waals surface area contributed by atoms with Crippen molar-refractivity contribution in [3.05, 3.63) is 21.9 Å². The van der Waals surface area contributed by atoms with Crippen LogP contribution in [0.2, 0.25) is 0 Å². The highest BCUT2D eigenvalue weighted by molar-refractivity contribution is 7.89. The molecule has 0 radical (unpaired) electrons. The first-order valence-corrected chi connectivity index (χ1v) is 9.03. The first-order chi connectivity index (χ1) is 8.54. The van der Waals surface area contributed by atoms with E-state index < -0.39 is 10.0 Å². The lowest BCUT2D eigenvalue weighted by atomic mass is 10.1. The molecule has 1 aliphatic rings. The van der Waals surface area contributed by atoms with Crippen LogP contribution < -0.4 is 0 Å². The molecule has 1 saturated heterocycles. The molecule has 0 N–H and O–H groups in total. The maximum absolute atomic E-state index is 12.2. The predicted molar refractivity (Wildman–Crippen MR) is 76.4 cm³/mol. The molecule has 102 valence electrons. The van der Waals surface area contributed by atoms with Crippen LogP contribution in [0.15, 0.2) is 12.1 Å². The number of nitrogens with zero attached hydrogens (tertiary/aromatic N) is 1. The van der Waals surface area contributed by atoms with Crippen molar-refractivity contribution in [1.29, 1.82) is 0 Å². The first kappa shape index (κ1) is 14.0. The van der Waals surface area contributed by atoms with Gasteiger partial charge < -0.3 is 0 Å². The molecule has 3 nitrogen and oxygen atoms in total. The van der Waals surface area contributed by atoms with Gasteiger partial charge in [0.15, 0.2) is 0 Å². The smallest absolute Gasteiger partial charge is 0.212 e. The van der Waals surface area contributed by atoms with Gasteiger partial charge in [-0.3, -0.25) is 0 Å². The van der Waals surface area contributed by atoms with Gasteiger partial charge >= 0.3 is 0 Å². The maximum Gasteiger partial charge on any atom is 0.214 e. The number of hydrogen-bond acceptors (Lipinski definition) is 3. The Bertz CT molecular complexity index is 493. The normalized spacial score (nSPS) is 22.9. The Balaban J connectivity index is 2.33. The van der Waals surface area contributed by atoms with E-state index in [0.717, 1.165) is 25.7 Å². The first-order valence-electron chi connectivity index (χ1n) is 6.60. The lowest BCUT2D eigenvalue weighted by Crippen LogP contribution is -2.35. The molecule has 1 aromatic heterocycles. The molecule has 0 amide bonds. The van der Waals surface area contributed by atoms with Gasteiger partial charge in [0.1, 0.15) is 0 Å². The summed E-state index contributed by atoms with van der Waals surface area (Å²) in [6.07, 6.45) is 4.20. The molecule has 0 bridgehead atoms. The molecular formula is C13H21NO2S2. The molecule has 0 aliphatic carbocycles. The van der Waals surface area contributed by atoms with Crippen LogP contribution in [0.25, 0.3) is 0 Å². The molecule has 1 unspecified atom stereocenters. The van der Waals surface area contributed by atoms with Gasteiger partial charge in [-0.1, -0.05) is 12.8 Å². The van der Waals surface area contributed by atoms with Crippen LogP contribution in [0.4, 0.5) is 0 Å². The van der Waals surface area contributed by atoms with Gasteiger partial charge in [-0.2, -0.15) is 4.31 Å². The summed E-state index contributed by atoms with van der Waals surface area (Å²) >= 11 is 1.73. The van der Waals surface area contributed by atoms with Crippen molar-refractivity contribution in [2.24, 2.45) is 0 Å². The highest BCUT2D eigenvalue weighted by atomic mass is 32.2. The zero-order chi connectivity index (χ0) is 13.2. The molecule has 2 rings (SSSR count). The van der Waals surface area contributed by atoms with E-state index in [4.69, 9.17) is 0 Å². The van der Waals surface area contributed by atoms with Gasteiger partial charge in [-0.05, 0) is 38.8 Å². The number of sulfonamides is 1. The van der Waals surface area contributed by atoms with Gasteiger partial charge in [0.25, 0.3) is 0 Å². The molecule has 1 aromatic rings. The maximum atomic E-state index is 12.2. The molecule has 2 heterocycles. The Labute approximate surface area is 114 Å². The zero-order valence-corrected chi connectivity index (χ0v) is 12.7. The van der Waals surface area contributed by atoms with E-state index in [2.05, 4.69) is 19.1 Å². The predicted octanol–water partition coefficient (Wildman–Crippen LogP) is 3.32. The molecule has 1 atom stereocenters. The van der Waals surface area contributed by atoms with Crippen LogP contribution in [0.3, 0.4) is 0 Å². The Morgan fingerprint density at radius 1 is 1.33 bits per heavy atom. The molecule has 1 fully saturated rings. The summed E-state index contributed by atoms with van der Waals surface area (Å²) in [6, 6.07) is 4.24. The fourth-order valence-electron chi connectivity index (χ4n) is 2.50. The lowest BCUT2D eigenvalue weighted by Gasteiger charge is -2.28. The monoisotopic (exact) mass is 287 g/mol. The Hall–Kier alpha value is -0.390. The SMILES string of the molecule is CCS(=O)(=O)N1CCCCCC1c1ccc(C)s1. The van der Waals surface area contributed by atoms with Crippen LogP contribution in [-0.2, 0) is 10.0 Å². The Morgan fingerprint density at radius 3 is 2.72 bits per heavy atom. The highest BCUT2D eigenvalue weighted by Gasteiger charge is 2.31. The molecule has 0 saturated carbocycles. The third-order valence-corrected chi connectivity index (χ3v) is 6.50. The van der Waals surface area contributed by atoms with Crippen LogP contribution in [0.5, 0.6) is 0 Å². The fourth-order valence-corrected chi connectivity index (χ4v) is 4.93. The average molecular weight is 287 g/mol. The number of thiophene rings is 1. The number of aryl methyl sites for hydroxylation is 1. The Morgan fingerprint density at radius 2 is 2.11 bits per heavy atom. The standard InChI is InChI=1S/C13H21NO2S2/c1-3-18(15,16)14-10-6-4-5-7-12(14)13-9-8-11(2)17-13/h8-9,12H,3-7,10H2,1-2H3. The van der Waals surface area contributed by atoms with Crippen LogP contribution in [0.1, 0.15) is 48.4 Å². The van der Waals surface area contributed by atoms with Gasteiger partial charge in [-0.15, -0.1) is 11.3 Å². The molecule has 0 aromatic carbocycles. The molecule has 0 spiro atoms. The lowest BCUT2D eigenvalue weighted by molar-refractivity contribution is 0.333. The van der Waals surface area contributed by atoms with Crippen molar-refractivity contribution >= 4 is 21.4 Å². The summed E-state index contributed by atoms with van der Waals surface area (Å²) in [5, 5.41) is 0. The summed E-state index contributed by atoms with van der Waals surface area (Å²) in [7, 11) is -3.09. The topological polar surface area (TPSA) is 37.4 Å². The van der Waals surface area contributed by atoms with Crippen molar-refractivity contribution in [3.63, 3.8) is 0 Å². The summed E-state index contributed by atoms with van der Waals surface area (Å²) in [6.45, 7) is 4.48. The Kier molecular flexibility index (Phi) is 4.45. The highest BCUT2D eigenvalue weighted by Crippen LogP contribution is 2.35. The third-order valence-electron chi connectivity index (χ3n) is 3.52. The second kappa shape index (κ2) is 5.72. The van der Waals surface area contributed by atoms with Gasteiger partial charge in [0, 0.05) is 16.3 Å². The minimum atomic E-state index is -3.09. The largest absolute Gasteiger partial charge is 0.214 e. The van der Waals surface area contributed by atoms with Crippen LogP contribution in [-0.4, -0.2) is 25.0 Å². The molecule has 5 heteroatoms. The van der Waals surface area contributed by atoms with Crippen molar-refractivity contribution in [3.8, 4) is 0 Å². The zero-order valence-electron chi connectivity index (χ0n) is 11.1. The molecule has 1 aliphatic heterocycles. The van der Waals surface area contributed by atoms with E-state index in [0.29, 0.717) is 6.54 Å². The minimum Gasteiger partial charge on any atom is -0.212 e. The third kappa shape index (κ3) is 2.95. The second-order valence-corrected chi connectivity index (χ2v) is 8.35. The van der Waals surface area contributed by atoms with Crippen LogP contribution >= 0.6 is 11.3 Å². The summed E-state index contributed by atoms with van der Waals surface area (Å²) < 4.78 is 26.2. The van der Waals surface area contributed by atoms with E-state index in [1.54, 1.807) is 22.6 Å². The summed E-state index contributed by atoms with van der Waals surface area (Å²) in [5.74, 6) is 0.202. The van der Waals surface area contributed by atoms with E-state index in [1.807, 2.05) is 0 Å². The van der Waals surface area contributed by atoms with Crippen molar-refractivity contribution in [2.75, 3.05) is 12.3 Å². The average Bonchev–Trinajstić information content (AvgIpc) is 2.63. The van der Waals surface area contributed by atoms with Gasteiger partial charge in [-0.25, -0.2) is 8.42 Å². The minimum absolute atomic E-state index is 0.0659. The summed E-state index contributed by atoms with van der Waals surface area (Å²) in [5.41, 5.74) is 0.